The fraction of sp³-hybridized carbons (Fsp3) is 0.667. The van der Waals surface area contributed by atoms with Crippen molar-refractivity contribution < 1.29 is 9.18 Å². The largest absolute Gasteiger partial charge is 0.350 e. The highest BCUT2D eigenvalue weighted by Crippen LogP contribution is 2.21. The molecule has 0 saturated carbocycles. The summed E-state index contributed by atoms with van der Waals surface area (Å²) in [4.78, 5) is 11.4. The van der Waals surface area contributed by atoms with Gasteiger partial charge in [-0.15, -0.1) is 0 Å². The zero-order valence-corrected chi connectivity index (χ0v) is 15.5. The zero-order valence-electron chi connectivity index (χ0n) is 15.5. The van der Waals surface area contributed by atoms with E-state index in [9.17, 15) is 9.18 Å². The van der Waals surface area contributed by atoms with E-state index in [0.717, 1.165) is 18.4 Å². The van der Waals surface area contributed by atoms with Gasteiger partial charge in [0.1, 0.15) is 5.82 Å². The van der Waals surface area contributed by atoms with Crippen molar-refractivity contribution in [2.24, 2.45) is 0 Å². The molecule has 1 N–H and O–H groups in total. The van der Waals surface area contributed by atoms with Gasteiger partial charge in [0.25, 0.3) is 0 Å². The maximum Gasteiger partial charge on any atom is 0.217 e. The molecule has 0 radical (unpaired) electrons. The standard InChI is InChI=1S/C21H34FNO/c1-3-4-5-6-7-8-9-10-11-12-13-21(23-18(2)24)19-14-16-20(22)17-15-19/h14-17,21H,3-13H2,1-2H3,(H,23,24)/t21-/m0/s1. The number of rotatable bonds is 13. The minimum Gasteiger partial charge on any atom is -0.350 e. The molecule has 24 heavy (non-hydrogen) atoms. The van der Waals surface area contributed by atoms with Crippen molar-refractivity contribution in [2.45, 2.75) is 90.5 Å². The maximum absolute atomic E-state index is 13.0. The molecule has 2 nitrogen and oxygen atoms in total. The molecule has 1 aromatic carbocycles. The average molecular weight is 336 g/mol. The van der Waals surface area contributed by atoms with Crippen LogP contribution in [0.1, 0.15) is 96.1 Å². The fourth-order valence-electron chi connectivity index (χ4n) is 3.10. The van der Waals surface area contributed by atoms with Gasteiger partial charge >= 0.3 is 0 Å². The molecule has 0 fully saturated rings. The number of benzene rings is 1. The van der Waals surface area contributed by atoms with Crippen molar-refractivity contribution in [3.63, 3.8) is 0 Å². The van der Waals surface area contributed by atoms with E-state index in [4.69, 9.17) is 0 Å². The Balaban J connectivity index is 2.19. The second-order valence-corrected chi connectivity index (χ2v) is 6.78. The number of unbranched alkanes of at least 4 members (excludes halogenated alkanes) is 9. The molecule has 0 bridgehead atoms. The van der Waals surface area contributed by atoms with Crippen LogP contribution in [-0.2, 0) is 4.79 Å². The van der Waals surface area contributed by atoms with Gasteiger partial charge in [-0.25, -0.2) is 4.39 Å². The summed E-state index contributed by atoms with van der Waals surface area (Å²) < 4.78 is 13.0. The van der Waals surface area contributed by atoms with Crippen molar-refractivity contribution in [3.05, 3.63) is 35.6 Å². The molecule has 0 spiro atoms. The predicted octanol–water partition coefficient (Wildman–Crippen LogP) is 6.31. The molecule has 0 aromatic heterocycles. The summed E-state index contributed by atoms with van der Waals surface area (Å²) in [6, 6.07) is 6.46. The molecule has 0 aliphatic rings. The number of nitrogens with one attached hydrogen (secondary N) is 1. The van der Waals surface area contributed by atoms with Gasteiger partial charge in [-0.1, -0.05) is 83.3 Å². The van der Waals surface area contributed by atoms with Crippen LogP contribution in [0.3, 0.4) is 0 Å². The molecule has 1 amide bonds. The second kappa shape index (κ2) is 13.0. The van der Waals surface area contributed by atoms with E-state index in [-0.39, 0.29) is 17.8 Å². The molecule has 0 heterocycles. The molecule has 0 saturated heterocycles. The third-order valence-electron chi connectivity index (χ3n) is 4.50. The highest BCUT2D eigenvalue weighted by molar-refractivity contribution is 5.73. The van der Waals surface area contributed by atoms with E-state index in [2.05, 4.69) is 12.2 Å². The second-order valence-electron chi connectivity index (χ2n) is 6.78. The lowest BCUT2D eigenvalue weighted by atomic mass is 9.99. The van der Waals surface area contributed by atoms with Crippen LogP contribution in [0, 0.1) is 5.82 Å². The predicted molar refractivity (Wildman–Crippen MR) is 99.4 cm³/mol. The van der Waals surface area contributed by atoms with Crippen LogP contribution in [0.15, 0.2) is 24.3 Å². The SMILES string of the molecule is CCCCCCCCCCCC[C@H](NC(C)=O)c1ccc(F)cc1. The van der Waals surface area contributed by atoms with Crippen molar-refractivity contribution in [1.82, 2.24) is 5.32 Å². The number of carbonyl (C=O) groups is 1. The minimum atomic E-state index is -0.237. The molecule has 1 rings (SSSR count). The van der Waals surface area contributed by atoms with Crippen LogP contribution in [-0.4, -0.2) is 5.91 Å². The first-order valence-electron chi connectivity index (χ1n) is 9.66. The van der Waals surface area contributed by atoms with E-state index < -0.39 is 0 Å². The summed E-state index contributed by atoms with van der Waals surface area (Å²) in [6.45, 7) is 3.79. The smallest absolute Gasteiger partial charge is 0.217 e. The van der Waals surface area contributed by atoms with E-state index in [1.54, 1.807) is 12.1 Å². The Hall–Kier alpha value is -1.38. The lowest BCUT2D eigenvalue weighted by Crippen LogP contribution is -2.26. The molecular weight excluding hydrogens is 301 g/mol. The van der Waals surface area contributed by atoms with E-state index in [1.165, 1.54) is 76.8 Å². The number of halogens is 1. The van der Waals surface area contributed by atoms with E-state index in [0.29, 0.717) is 0 Å². The Morgan fingerprint density at radius 3 is 1.92 bits per heavy atom. The highest BCUT2D eigenvalue weighted by Gasteiger charge is 2.12. The molecule has 1 aromatic rings. The van der Waals surface area contributed by atoms with Gasteiger partial charge < -0.3 is 5.32 Å². The fourth-order valence-corrected chi connectivity index (χ4v) is 3.10. The third-order valence-corrected chi connectivity index (χ3v) is 4.50. The molecular formula is C21H34FNO. The van der Waals surface area contributed by atoms with E-state index in [1.807, 2.05) is 0 Å². The third kappa shape index (κ3) is 9.69. The summed E-state index contributed by atoms with van der Waals surface area (Å²) in [5, 5.41) is 2.98. The highest BCUT2D eigenvalue weighted by atomic mass is 19.1. The molecule has 0 aliphatic heterocycles. The van der Waals surface area contributed by atoms with E-state index >= 15 is 0 Å². The van der Waals surface area contributed by atoms with Gasteiger partial charge in [0.2, 0.25) is 5.91 Å². The van der Waals surface area contributed by atoms with Crippen LogP contribution >= 0.6 is 0 Å². The van der Waals surface area contributed by atoms with Gasteiger partial charge in [0.15, 0.2) is 0 Å². The molecule has 1 atom stereocenters. The first-order chi connectivity index (χ1) is 11.6. The number of hydrogen-bond donors (Lipinski definition) is 1. The average Bonchev–Trinajstić information content (AvgIpc) is 2.56. The van der Waals surface area contributed by atoms with Gasteiger partial charge in [0.05, 0.1) is 6.04 Å². The summed E-state index contributed by atoms with van der Waals surface area (Å²) in [5.41, 5.74) is 0.988. The van der Waals surface area contributed by atoms with Crippen molar-refractivity contribution in [2.75, 3.05) is 0 Å². The number of hydrogen-bond acceptors (Lipinski definition) is 1. The molecule has 3 heteroatoms. The summed E-state index contributed by atoms with van der Waals surface area (Å²) >= 11 is 0. The first kappa shape index (κ1) is 20.7. The van der Waals surface area contributed by atoms with Crippen LogP contribution in [0.2, 0.25) is 0 Å². The normalized spacial score (nSPS) is 12.1. The lowest BCUT2D eigenvalue weighted by Gasteiger charge is -2.18. The molecule has 0 aliphatic carbocycles. The first-order valence-corrected chi connectivity index (χ1v) is 9.66. The number of carbonyl (C=O) groups excluding carboxylic acids is 1. The summed E-state index contributed by atoms with van der Waals surface area (Å²) in [6.07, 6.45) is 13.9. The lowest BCUT2D eigenvalue weighted by molar-refractivity contribution is -0.119. The Kier molecular flexibility index (Phi) is 11.2. The zero-order chi connectivity index (χ0) is 17.6. The Labute approximate surface area is 147 Å². The monoisotopic (exact) mass is 335 g/mol. The van der Waals surface area contributed by atoms with Gasteiger partial charge in [-0.2, -0.15) is 0 Å². The van der Waals surface area contributed by atoms with Crippen molar-refractivity contribution in [1.29, 1.82) is 0 Å². The Morgan fingerprint density at radius 2 is 1.42 bits per heavy atom. The van der Waals surface area contributed by atoms with Gasteiger partial charge in [-0.05, 0) is 24.1 Å². The maximum atomic E-state index is 13.0. The van der Waals surface area contributed by atoms with Crippen molar-refractivity contribution in [3.8, 4) is 0 Å². The van der Waals surface area contributed by atoms with Crippen LogP contribution in [0.5, 0.6) is 0 Å². The minimum absolute atomic E-state index is 0.00264. The molecule has 0 unspecified atom stereocenters. The van der Waals surface area contributed by atoms with Crippen LogP contribution in [0.25, 0.3) is 0 Å². The van der Waals surface area contributed by atoms with Crippen LogP contribution < -0.4 is 5.32 Å². The topological polar surface area (TPSA) is 29.1 Å². The Bertz CT molecular complexity index is 444. The van der Waals surface area contributed by atoms with Gasteiger partial charge in [-0.3, -0.25) is 4.79 Å². The summed E-state index contributed by atoms with van der Waals surface area (Å²) in [7, 11) is 0. The van der Waals surface area contributed by atoms with Gasteiger partial charge in [0, 0.05) is 6.92 Å². The number of amides is 1. The quantitative estimate of drug-likeness (QED) is 0.420. The summed E-state index contributed by atoms with van der Waals surface area (Å²) in [5.74, 6) is -0.268. The Morgan fingerprint density at radius 1 is 0.917 bits per heavy atom. The van der Waals surface area contributed by atoms with Crippen LogP contribution in [0.4, 0.5) is 4.39 Å². The van der Waals surface area contributed by atoms with Crippen molar-refractivity contribution >= 4 is 5.91 Å². The molecule has 136 valence electrons.